The zero-order chi connectivity index (χ0) is 9.84. The molecule has 0 fully saturated rings. The first-order valence-corrected chi connectivity index (χ1v) is 4.52. The molecule has 1 unspecified atom stereocenters. The number of carbonyl (C=O) groups is 1. The number of hydrogen-bond donors (Lipinski definition) is 1. The van der Waals surface area contributed by atoms with Crippen molar-refractivity contribution in [1.82, 2.24) is 4.57 Å². The molecule has 13 heavy (non-hydrogen) atoms. The van der Waals surface area contributed by atoms with Crippen LogP contribution in [0.5, 0.6) is 0 Å². The van der Waals surface area contributed by atoms with E-state index in [2.05, 4.69) is 13.8 Å². The number of hydrogen-bond acceptors (Lipinski definition) is 1. The number of carboxylic acid groups (broad SMARTS) is 1. The fourth-order valence-corrected chi connectivity index (χ4v) is 1.17. The lowest BCUT2D eigenvalue weighted by atomic mass is 10.1. The molecule has 0 spiro atoms. The lowest BCUT2D eigenvalue weighted by Crippen LogP contribution is -2.04. The van der Waals surface area contributed by atoms with Gasteiger partial charge in [0, 0.05) is 18.9 Å². The van der Waals surface area contributed by atoms with Crippen molar-refractivity contribution in [3.63, 3.8) is 0 Å². The van der Waals surface area contributed by atoms with E-state index in [-0.39, 0.29) is 0 Å². The third-order valence-electron chi connectivity index (χ3n) is 2.22. The Morgan fingerprint density at radius 2 is 2.38 bits per heavy atom. The first-order chi connectivity index (χ1) is 6.13. The Labute approximate surface area is 78.0 Å². The fraction of sp³-hybridized carbons (Fsp3) is 0.500. The molecular weight excluding hydrogens is 166 g/mol. The van der Waals surface area contributed by atoms with E-state index >= 15 is 0 Å². The molecule has 1 atom stereocenters. The number of carboxylic acids is 1. The second kappa shape index (κ2) is 4.12. The number of nitrogens with zero attached hydrogens (tertiary/aromatic N) is 1. The molecule has 72 valence electrons. The standard InChI is InChI=1S/C10H15NO2/c1-3-8(2)6-11-5-4-9(7-11)10(12)13/h4-5,7-8H,3,6H2,1-2H3,(H,12,13). The van der Waals surface area contributed by atoms with Crippen LogP contribution in [0, 0.1) is 5.92 Å². The van der Waals surface area contributed by atoms with Gasteiger partial charge < -0.3 is 9.67 Å². The highest BCUT2D eigenvalue weighted by atomic mass is 16.4. The normalized spacial score (nSPS) is 12.8. The molecule has 0 amide bonds. The number of aromatic carboxylic acids is 1. The van der Waals surface area contributed by atoms with Crippen LogP contribution < -0.4 is 0 Å². The molecule has 0 radical (unpaired) electrons. The Hall–Kier alpha value is -1.25. The summed E-state index contributed by atoms with van der Waals surface area (Å²) in [5, 5.41) is 8.68. The van der Waals surface area contributed by atoms with Crippen LogP contribution in [0.1, 0.15) is 30.6 Å². The van der Waals surface area contributed by atoms with Gasteiger partial charge >= 0.3 is 5.97 Å². The van der Waals surface area contributed by atoms with Crippen molar-refractivity contribution < 1.29 is 9.90 Å². The molecule has 1 aromatic heterocycles. The van der Waals surface area contributed by atoms with Crippen LogP contribution in [-0.2, 0) is 6.54 Å². The van der Waals surface area contributed by atoms with E-state index in [0.29, 0.717) is 11.5 Å². The van der Waals surface area contributed by atoms with Crippen LogP contribution in [0.25, 0.3) is 0 Å². The molecule has 1 N–H and O–H groups in total. The van der Waals surface area contributed by atoms with Gasteiger partial charge in [0.1, 0.15) is 0 Å². The zero-order valence-corrected chi connectivity index (χ0v) is 8.03. The van der Waals surface area contributed by atoms with Gasteiger partial charge in [0.05, 0.1) is 5.56 Å². The Morgan fingerprint density at radius 1 is 1.69 bits per heavy atom. The van der Waals surface area contributed by atoms with Gasteiger partial charge in [-0.15, -0.1) is 0 Å². The highest BCUT2D eigenvalue weighted by Gasteiger charge is 2.05. The molecule has 3 heteroatoms. The van der Waals surface area contributed by atoms with E-state index in [1.807, 2.05) is 10.8 Å². The van der Waals surface area contributed by atoms with Crippen LogP contribution >= 0.6 is 0 Å². The fourth-order valence-electron chi connectivity index (χ4n) is 1.17. The first-order valence-electron chi connectivity index (χ1n) is 4.52. The quantitative estimate of drug-likeness (QED) is 0.774. The molecule has 0 aliphatic heterocycles. The average Bonchev–Trinajstić information content (AvgIpc) is 2.52. The molecule has 0 saturated heterocycles. The molecular formula is C10H15NO2. The summed E-state index contributed by atoms with van der Waals surface area (Å²) in [7, 11) is 0. The van der Waals surface area contributed by atoms with Crippen molar-refractivity contribution in [2.24, 2.45) is 5.92 Å². The van der Waals surface area contributed by atoms with Gasteiger partial charge in [-0.1, -0.05) is 20.3 Å². The maximum atomic E-state index is 10.6. The predicted octanol–water partition coefficient (Wildman–Crippen LogP) is 2.23. The lowest BCUT2D eigenvalue weighted by molar-refractivity contribution is 0.0697. The molecule has 0 saturated carbocycles. The highest BCUT2D eigenvalue weighted by Crippen LogP contribution is 2.07. The van der Waals surface area contributed by atoms with Gasteiger partial charge in [-0.05, 0) is 12.0 Å². The van der Waals surface area contributed by atoms with Gasteiger partial charge in [-0.2, -0.15) is 0 Å². The maximum Gasteiger partial charge on any atom is 0.337 e. The lowest BCUT2D eigenvalue weighted by Gasteiger charge is -2.08. The van der Waals surface area contributed by atoms with E-state index < -0.39 is 5.97 Å². The van der Waals surface area contributed by atoms with E-state index in [0.717, 1.165) is 13.0 Å². The smallest absolute Gasteiger partial charge is 0.337 e. The van der Waals surface area contributed by atoms with Crippen molar-refractivity contribution in [2.45, 2.75) is 26.8 Å². The average molecular weight is 181 g/mol. The summed E-state index contributed by atoms with van der Waals surface area (Å²) < 4.78 is 1.93. The van der Waals surface area contributed by atoms with E-state index in [4.69, 9.17) is 5.11 Å². The van der Waals surface area contributed by atoms with Crippen molar-refractivity contribution in [3.05, 3.63) is 24.0 Å². The van der Waals surface area contributed by atoms with Gasteiger partial charge in [-0.25, -0.2) is 4.79 Å². The summed E-state index contributed by atoms with van der Waals surface area (Å²) in [6.07, 6.45) is 4.60. The molecule has 0 aromatic carbocycles. The van der Waals surface area contributed by atoms with Crippen molar-refractivity contribution in [2.75, 3.05) is 0 Å². The Balaban J connectivity index is 2.64. The summed E-state index contributed by atoms with van der Waals surface area (Å²) in [4.78, 5) is 10.6. The van der Waals surface area contributed by atoms with Gasteiger partial charge in [0.15, 0.2) is 0 Å². The first kappa shape index (κ1) is 9.84. The highest BCUT2D eigenvalue weighted by molar-refractivity contribution is 5.87. The largest absolute Gasteiger partial charge is 0.478 e. The Kier molecular flexibility index (Phi) is 3.12. The van der Waals surface area contributed by atoms with Gasteiger partial charge in [-0.3, -0.25) is 0 Å². The SMILES string of the molecule is CCC(C)Cn1ccc(C(=O)O)c1. The third kappa shape index (κ3) is 2.61. The molecule has 0 aliphatic rings. The monoisotopic (exact) mass is 181 g/mol. The molecule has 3 nitrogen and oxygen atoms in total. The minimum absolute atomic E-state index is 0.364. The molecule has 0 aliphatic carbocycles. The molecule has 1 rings (SSSR count). The van der Waals surface area contributed by atoms with E-state index in [9.17, 15) is 4.79 Å². The van der Waals surface area contributed by atoms with Crippen LogP contribution in [0.3, 0.4) is 0 Å². The molecule has 0 bridgehead atoms. The van der Waals surface area contributed by atoms with Crippen molar-refractivity contribution in [3.8, 4) is 0 Å². The topological polar surface area (TPSA) is 42.2 Å². The number of aromatic nitrogens is 1. The second-order valence-corrected chi connectivity index (χ2v) is 3.42. The minimum atomic E-state index is -0.858. The second-order valence-electron chi connectivity index (χ2n) is 3.42. The van der Waals surface area contributed by atoms with Crippen LogP contribution in [0.15, 0.2) is 18.5 Å². The summed E-state index contributed by atoms with van der Waals surface area (Å²) in [6, 6.07) is 1.63. The van der Waals surface area contributed by atoms with Crippen LogP contribution in [-0.4, -0.2) is 15.6 Å². The van der Waals surface area contributed by atoms with Crippen molar-refractivity contribution in [1.29, 1.82) is 0 Å². The van der Waals surface area contributed by atoms with Crippen molar-refractivity contribution >= 4 is 5.97 Å². The zero-order valence-electron chi connectivity index (χ0n) is 8.03. The number of rotatable bonds is 4. The predicted molar refractivity (Wildman–Crippen MR) is 50.8 cm³/mol. The summed E-state index contributed by atoms with van der Waals surface area (Å²) in [5.41, 5.74) is 0.364. The van der Waals surface area contributed by atoms with Crippen LogP contribution in [0.2, 0.25) is 0 Å². The van der Waals surface area contributed by atoms with Gasteiger partial charge in [0.2, 0.25) is 0 Å². The van der Waals surface area contributed by atoms with Gasteiger partial charge in [0.25, 0.3) is 0 Å². The Morgan fingerprint density at radius 3 is 2.85 bits per heavy atom. The summed E-state index contributed by atoms with van der Waals surface area (Å²) >= 11 is 0. The van der Waals surface area contributed by atoms with E-state index in [1.165, 1.54) is 0 Å². The summed E-state index contributed by atoms with van der Waals surface area (Å²) in [5.74, 6) is -0.267. The Bertz CT molecular complexity index is 291. The van der Waals surface area contributed by atoms with Crippen LogP contribution in [0.4, 0.5) is 0 Å². The molecule has 1 heterocycles. The third-order valence-corrected chi connectivity index (χ3v) is 2.22. The maximum absolute atomic E-state index is 10.6. The van der Waals surface area contributed by atoms with E-state index in [1.54, 1.807) is 12.3 Å². The molecule has 1 aromatic rings. The minimum Gasteiger partial charge on any atom is -0.478 e. The summed E-state index contributed by atoms with van der Waals surface area (Å²) in [6.45, 7) is 5.18.